The molecule has 0 N–H and O–H groups in total. The molecule has 0 fully saturated rings. The zero-order valence-corrected chi connectivity index (χ0v) is 9.54. The van der Waals surface area contributed by atoms with E-state index in [2.05, 4.69) is 41.2 Å². The van der Waals surface area contributed by atoms with Gasteiger partial charge < -0.3 is 4.40 Å². The molecule has 15 heavy (non-hydrogen) atoms. The highest BCUT2D eigenvalue weighted by Gasteiger charge is 2.05. The Morgan fingerprint density at radius 3 is 2.80 bits per heavy atom. The van der Waals surface area contributed by atoms with Gasteiger partial charge in [0.1, 0.15) is 5.82 Å². The first-order chi connectivity index (χ1) is 7.13. The van der Waals surface area contributed by atoms with E-state index in [1.807, 2.05) is 13.8 Å². The summed E-state index contributed by atoms with van der Waals surface area (Å²) in [5, 5.41) is 0. The lowest BCUT2D eigenvalue weighted by Crippen LogP contribution is -1.91. The van der Waals surface area contributed by atoms with Gasteiger partial charge in [0, 0.05) is 6.20 Å². The topological polar surface area (TPSA) is 17.3 Å². The van der Waals surface area contributed by atoms with Gasteiger partial charge in [-0.2, -0.15) is 0 Å². The van der Waals surface area contributed by atoms with Crippen LogP contribution in [0.4, 0.5) is 0 Å². The number of aryl methyl sites for hydroxylation is 2. The predicted molar refractivity (Wildman–Crippen MR) is 64.0 cm³/mol. The number of hydrogen-bond donors (Lipinski definition) is 0. The zero-order chi connectivity index (χ0) is 11.0. The Morgan fingerprint density at radius 1 is 1.40 bits per heavy atom. The van der Waals surface area contributed by atoms with Gasteiger partial charge in [-0.15, -0.1) is 0 Å². The molecular weight excluding hydrogens is 184 g/mol. The van der Waals surface area contributed by atoms with Gasteiger partial charge in [0.05, 0.1) is 11.2 Å². The lowest BCUT2D eigenvalue weighted by Gasteiger charge is -2.04. The van der Waals surface area contributed by atoms with Crippen LogP contribution in [0.1, 0.15) is 30.4 Å². The lowest BCUT2D eigenvalue weighted by molar-refractivity contribution is 1.03. The van der Waals surface area contributed by atoms with Crippen molar-refractivity contribution in [2.75, 3.05) is 0 Å². The smallest absolute Gasteiger partial charge is 0.110 e. The highest BCUT2D eigenvalue weighted by atomic mass is 15.0. The van der Waals surface area contributed by atoms with E-state index in [4.69, 9.17) is 0 Å². The lowest BCUT2D eigenvalue weighted by atomic mass is 10.1. The van der Waals surface area contributed by atoms with Gasteiger partial charge in [0.2, 0.25) is 0 Å². The van der Waals surface area contributed by atoms with Gasteiger partial charge in [0.15, 0.2) is 0 Å². The van der Waals surface area contributed by atoms with Crippen molar-refractivity contribution in [3.63, 3.8) is 0 Å². The molecule has 0 saturated heterocycles. The number of imidazole rings is 1. The third kappa shape index (κ3) is 1.56. The summed E-state index contributed by atoms with van der Waals surface area (Å²) in [5.41, 5.74) is 4.63. The molecule has 0 aliphatic heterocycles. The molecule has 0 atom stereocenters. The Morgan fingerprint density at radius 2 is 2.13 bits per heavy atom. The second-order valence-corrected chi connectivity index (χ2v) is 3.87. The summed E-state index contributed by atoms with van der Waals surface area (Å²) in [4.78, 5) is 4.45. The fourth-order valence-electron chi connectivity index (χ4n) is 1.83. The van der Waals surface area contributed by atoms with E-state index in [1.54, 1.807) is 0 Å². The predicted octanol–water partition coefficient (Wildman–Crippen LogP) is 3.37. The van der Waals surface area contributed by atoms with Gasteiger partial charge in [-0.25, -0.2) is 4.98 Å². The molecule has 2 aromatic heterocycles. The molecule has 0 radical (unpaired) electrons. The monoisotopic (exact) mass is 200 g/mol. The maximum Gasteiger partial charge on any atom is 0.110 e. The summed E-state index contributed by atoms with van der Waals surface area (Å²) >= 11 is 0. The summed E-state index contributed by atoms with van der Waals surface area (Å²) in [6.45, 7) is 10.2. The van der Waals surface area contributed by atoms with E-state index in [-0.39, 0.29) is 0 Å². The Kier molecular flexibility index (Phi) is 2.35. The standard InChI is InChI=1S/C13H16N2/c1-5-9(2)12-6-7-13-10(3)14-11(4)15(13)8-12/h6-8H,2,5H2,1,3-4H3. The van der Waals surface area contributed by atoms with E-state index in [0.717, 1.165) is 17.9 Å². The number of pyridine rings is 1. The van der Waals surface area contributed by atoms with E-state index >= 15 is 0 Å². The van der Waals surface area contributed by atoms with E-state index in [0.29, 0.717) is 0 Å². The summed E-state index contributed by atoms with van der Waals surface area (Å²) in [5.74, 6) is 1.04. The summed E-state index contributed by atoms with van der Waals surface area (Å²) in [6.07, 6.45) is 3.11. The van der Waals surface area contributed by atoms with Crippen LogP contribution in [0.25, 0.3) is 11.1 Å². The highest BCUT2D eigenvalue weighted by Crippen LogP contribution is 2.19. The molecule has 0 aliphatic carbocycles. The van der Waals surface area contributed by atoms with Crippen LogP contribution in [0, 0.1) is 13.8 Å². The minimum atomic E-state index is 0.984. The molecule has 0 spiro atoms. The van der Waals surface area contributed by atoms with Crippen molar-refractivity contribution in [1.29, 1.82) is 0 Å². The van der Waals surface area contributed by atoms with Gasteiger partial charge in [-0.1, -0.05) is 19.6 Å². The van der Waals surface area contributed by atoms with Gasteiger partial charge in [0.25, 0.3) is 0 Å². The third-order valence-corrected chi connectivity index (χ3v) is 2.83. The van der Waals surface area contributed by atoms with Crippen molar-refractivity contribution in [3.05, 3.63) is 42.0 Å². The maximum absolute atomic E-state index is 4.45. The van der Waals surface area contributed by atoms with Crippen molar-refractivity contribution < 1.29 is 0 Å². The fourth-order valence-corrected chi connectivity index (χ4v) is 1.83. The normalized spacial score (nSPS) is 10.9. The Balaban J connectivity index is 2.65. The molecule has 0 saturated carbocycles. The second-order valence-electron chi connectivity index (χ2n) is 3.87. The molecule has 0 aromatic carbocycles. The van der Waals surface area contributed by atoms with Crippen LogP contribution in [0.5, 0.6) is 0 Å². The molecule has 78 valence electrons. The van der Waals surface area contributed by atoms with Gasteiger partial charge >= 0.3 is 0 Å². The number of nitrogens with zero attached hydrogens (tertiary/aromatic N) is 2. The van der Waals surface area contributed by atoms with Crippen molar-refractivity contribution in [2.24, 2.45) is 0 Å². The molecule has 0 unspecified atom stereocenters. The molecule has 2 heterocycles. The number of aromatic nitrogens is 2. The van der Waals surface area contributed by atoms with Crippen molar-refractivity contribution >= 4 is 11.1 Å². The van der Waals surface area contributed by atoms with E-state index < -0.39 is 0 Å². The Bertz CT molecular complexity index is 521. The van der Waals surface area contributed by atoms with Crippen molar-refractivity contribution in [3.8, 4) is 0 Å². The molecule has 2 heteroatoms. The quantitative estimate of drug-likeness (QED) is 0.726. The van der Waals surface area contributed by atoms with Crippen LogP contribution in [0.2, 0.25) is 0 Å². The largest absolute Gasteiger partial charge is 0.303 e. The van der Waals surface area contributed by atoms with Crippen LogP contribution < -0.4 is 0 Å². The molecule has 0 amide bonds. The van der Waals surface area contributed by atoms with E-state index in [1.165, 1.54) is 16.7 Å². The summed E-state index contributed by atoms with van der Waals surface area (Å²) in [7, 11) is 0. The minimum Gasteiger partial charge on any atom is -0.303 e. The molecular formula is C13H16N2. The molecule has 2 aromatic rings. The Hall–Kier alpha value is -1.57. The number of fused-ring (bicyclic) bond motifs is 1. The van der Waals surface area contributed by atoms with Crippen LogP contribution >= 0.6 is 0 Å². The first-order valence-corrected chi connectivity index (χ1v) is 5.27. The average molecular weight is 200 g/mol. The van der Waals surface area contributed by atoms with Crippen molar-refractivity contribution in [1.82, 2.24) is 9.38 Å². The molecule has 2 nitrogen and oxygen atoms in total. The first-order valence-electron chi connectivity index (χ1n) is 5.27. The molecule has 2 rings (SSSR count). The average Bonchev–Trinajstić information content (AvgIpc) is 2.53. The number of hydrogen-bond acceptors (Lipinski definition) is 1. The summed E-state index contributed by atoms with van der Waals surface area (Å²) < 4.78 is 2.13. The highest BCUT2D eigenvalue weighted by molar-refractivity contribution is 5.65. The number of allylic oxidation sites excluding steroid dienone is 1. The van der Waals surface area contributed by atoms with Crippen LogP contribution in [-0.2, 0) is 0 Å². The molecule has 0 aliphatic rings. The maximum atomic E-state index is 4.45. The number of rotatable bonds is 2. The van der Waals surface area contributed by atoms with Gasteiger partial charge in [-0.3, -0.25) is 0 Å². The van der Waals surface area contributed by atoms with Crippen molar-refractivity contribution in [2.45, 2.75) is 27.2 Å². The Labute approximate surface area is 90.3 Å². The first kappa shape index (κ1) is 9.97. The third-order valence-electron chi connectivity index (χ3n) is 2.83. The summed E-state index contributed by atoms with van der Waals surface area (Å²) in [6, 6.07) is 4.24. The van der Waals surface area contributed by atoms with Crippen LogP contribution in [-0.4, -0.2) is 9.38 Å². The fraction of sp³-hybridized carbons (Fsp3) is 0.308. The van der Waals surface area contributed by atoms with E-state index in [9.17, 15) is 0 Å². The van der Waals surface area contributed by atoms with Gasteiger partial charge in [-0.05, 0) is 37.5 Å². The second kappa shape index (κ2) is 3.54. The molecule has 0 bridgehead atoms. The van der Waals surface area contributed by atoms with Crippen LogP contribution in [0.15, 0.2) is 24.9 Å². The zero-order valence-electron chi connectivity index (χ0n) is 9.54. The van der Waals surface area contributed by atoms with Crippen LogP contribution in [0.3, 0.4) is 0 Å². The minimum absolute atomic E-state index is 0.984. The SMILES string of the molecule is C=C(CC)c1ccc2c(C)nc(C)n2c1.